The molecule has 2 aromatic rings. The third-order valence-electron chi connectivity index (χ3n) is 2.53. The summed E-state index contributed by atoms with van der Waals surface area (Å²) in [4.78, 5) is 20.9. The normalized spacial score (nSPS) is 10.3. The average molecular weight is 293 g/mol. The van der Waals surface area contributed by atoms with E-state index in [0.717, 1.165) is 0 Å². The summed E-state index contributed by atoms with van der Waals surface area (Å²) in [6.07, 6.45) is 0. The zero-order valence-electron chi connectivity index (χ0n) is 9.98. The summed E-state index contributed by atoms with van der Waals surface area (Å²) in [7, 11) is 1.73. The molecule has 1 aromatic carbocycles. The first-order valence-electron chi connectivity index (χ1n) is 5.32. The largest absolute Gasteiger partial charge is 0.478 e. The first-order valence-corrected chi connectivity index (χ1v) is 6.21. The quantitative estimate of drug-likeness (QED) is 0.461. The van der Waals surface area contributed by atoms with Gasteiger partial charge in [0.25, 0.3) is 0 Å². The molecule has 98 valence electrons. The van der Waals surface area contributed by atoms with Crippen LogP contribution in [0.2, 0.25) is 0 Å². The predicted molar refractivity (Wildman–Crippen MR) is 78.0 cm³/mol. The highest BCUT2D eigenvalue weighted by atomic mass is 32.1. The van der Waals surface area contributed by atoms with E-state index in [-0.39, 0.29) is 10.7 Å². The second-order valence-corrected chi connectivity index (χ2v) is 4.62. The van der Waals surface area contributed by atoms with Gasteiger partial charge in [0.1, 0.15) is 5.82 Å². The topological polar surface area (TPSA) is 66.3 Å². The number of aromatic carboxylic acids is 1. The molecule has 1 heterocycles. The maximum atomic E-state index is 11.2. The lowest BCUT2D eigenvalue weighted by Gasteiger charge is -2.20. The van der Waals surface area contributed by atoms with Crippen molar-refractivity contribution in [2.75, 3.05) is 11.9 Å². The Bertz CT molecular complexity index is 614. The van der Waals surface area contributed by atoms with Gasteiger partial charge in [-0.05, 0) is 12.1 Å². The fraction of sp³-hybridized carbons (Fsp3) is 0.0833. The number of carboxylic acid groups (broad SMARTS) is 1. The number of anilines is 2. The number of carboxylic acids is 1. The van der Waals surface area contributed by atoms with Crippen LogP contribution in [0.1, 0.15) is 10.4 Å². The van der Waals surface area contributed by atoms with E-state index in [0.29, 0.717) is 16.5 Å². The molecule has 1 N–H and O–H groups in total. The van der Waals surface area contributed by atoms with Crippen LogP contribution in [0.4, 0.5) is 11.5 Å². The van der Waals surface area contributed by atoms with Crippen LogP contribution >= 0.6 is 25.3 Å². The van der Waals surface area contributed by atoms with Gasteiger partial charge in [0, 0.05) is 13.1 Å². The highest BCUT2D eigenvalue weighted by Crippen LogP contribution is 2.27. The van der Waals surface area contributed by atoms with Crippen LogP contribution in [0.25, 0.3) is 0 Å². The zero-order valence-corrected chi connectivity index (χ0v) is 11.8. The molecular formula is C12H11N3O2S2. The number of thiol groups is 2. The molecule has 0 radical (unpaired) electrons. The first-order chi connectivity index (χ1) is 8.99. The summed E-state index contributed by atoms with van der Waals surface area (Å²) in [5.41, 5.74) is 0.735. The maximum absolute atomic E-state index is 11.2. The molecule has 0 atom stereocenters. The van der Waals surface area contributed by atoms with E-state index < -0.39 is 5.97 Å². The number of hydrogen-bond donors (Lipinski definition) is 3. The molecule has 19 heavy (non-hydrogen) atoms. The summed E-state index contributed by atoms with van der Waals surface area (Å²) in [5.74, 6) is -0.465. The highest BCUT2D eigenvalue weighted by molar-refractivity contribution is 7.80. The number of benzene rings is 1. The fourth-order valence-corrected chi connectivity index (χ4v) is 2.15. The van der Waals surface area contributed by atoms with E-state index in [4.69, 9.17) is 0 Å². The molecule has 0 aliphatic carbocycles. The Balaban J connectivity index is 2.49. The van der Waals surface area contributed by atoms with Gasteiger partial charge in [0.05, 0.1) is 16.3 Å². The van der Waals surface area contributed by atoms with E-state index in [1.54, 1.807) is 42.3 Å². The molecule has 0 spiro atoms. The Morgan fingerprint density at radius 1 is 1.26 bits per heavy atom. The van der Waals surface area contributed by atoms with Crippen LogP contribution in [0, 0.1) is 0 Å². The Kier molecular flexibility index (Phi) is 3.96. The minimum absolute atomic E-state index is 0.199. The second kappa shape index (κ2) is 5.50. The van der Waals surface area contributed by atoms with Gasteiger partial charge in [-0.3, -0.25) is 0 Å². The van der Waals surface area contributed by atoms with Crippen LogP contribution in [0.5, 0.6) is 0 Å². The number of hydrogen-bond acceptors (Lipinski definition) is 6. The van der Waals surface area contributed by atoms with Crippen LogP contribution in [-0.4, -0.2) is 28.1 Å². The van der Waals surface area contributed by atoms with Crippen molar-refractivity contribution in [1.82, 2.24) is 9.97 Å². The van der Waals surface area contributed by atoms with Crippen molar-refractivity contribution in [1.29, 1.82) is 0 Å². The molecule has 0 aliphatic rings. The van der Waals surface area contributed by atoms with Gasteiger partial charge in [0.15, 0.2) is 5.16 Å². The molecule has 0 amide bonds. The Hall–Kier alpha value is -1.73. The molecule has 0 saturated carbocycles. The van der Waals surface area contributed by atoms with Crippen molar-refractivity contribution in [2.45, 2.75) is 10.2 Å². The first kappa shape index (κ1) is 13.7. The van der Waals surface area contributed by atoms with Gasteiger partial charge >= 0.3 is 5.97 Å². The van der Waals surface area contributed by atoms with Gasteiger partial charge < -0.3 is 10.0 Å². The fourth-order valence-electron chi connectivity index (χ4n) is 1.65. The third kappa shape index (κ3) is 2.99. The molecule has 0 saturated heterocycles. The minimum atomic E-state index is -0.992. The Morgan fingerprint density at radius 3 is 2.58 bits per heavy atom. The summed E-state index contributed by atoms with van der Waals surface area (Å²) in [5, 5.41) is 9.93. The van der Waals surface area contributed by atoms with Gasteiger partial charge in [-0.2, -0.15) is 0 Å². The average Bonchev–Trinajstić information content (AvgIpc) is 2.36. The number of rotatable bonds is 3. The second-order valence-electron chi connectivity index (χ2n) is 3.77. The molecule has 0 fully saturated rings. The van der Waals surface area contributed by atoms with Crippen molar-refractivity contribution < 1.29 is 9.90 Å². The predicted octanol–water partition coefficient (Wildman–Crippen LogP) is 2.52. The highest BCUT2D eigenvalue weighted by Gasteiger charge is 2.15. The standard InChI is InChI=1S/C12H11N3O2S2/c1-15(9-6-10(18)14-12(19)13-9)8-5-3-2-4-7(8)11(16)17/h2-6H,1H3,(H,16,17)(H2,13,14,18,19). The smallest absolute Gasteiger partial charge is 0.337 e. The third-order valence-corrected chi connectivity index (χ3v) is 2.96. The van der Waals surface area contributed by atoms with Crippen molar-refractivity contribution in [3.8, 4) is 0 Å². The van der Waals surface area contributed by atoms with Crippen LogP contribution in [-0.2, 0) is 0 Å². The molecule has 0 aliphatic heterocycles. The summed E-state index contributed by atoms with van der Waals surface area (Å²) in [6.45, 7) is 0. The number of para-hydroxylation sites is 1. The zero-order chi connectivity index (χ0) is 14.0. The van der Waals surface area contributed by atoms with E-state index in [2.05, 4.69) is 35.2 Å². The SMILES string of the molecule is CN(c1cc(S)nc(S)n1)c1ccccc1C(=O)O. The van der Waals surface area contributed by atoms with E-state index in [1.165, 1.54) is 0 Å². The molecular weight excluding hydrogens is 282 g/mol. The van der Waals surface area contributed by atoms with Gasteiger partial charge in [-0.1, -0.05) is 12.1 Å². The lowest BCUT2D eigenvalue weighted by atomic mass is 10.1. The molecule has 7 heteroatoms. The number of aromatic nitrogens is 2. The number of nitrogens with zero attached hydrogens (tertiary/aromatic N) is 3. The lowest BCUT2D eigenvalue weighted by molar-refractivity contribution is 0.0697. The number of carbonyl (C=O) groups is 1. The molecule has 5 nitrogen and oxygen atoms in total. The van der Waals surface area contributed by atoms with Crippen molar-refractivity contribution in [2.24, 2.45) is 0 Å². The van der Waals surface area contributed by atoms with Crippen LogP contribution in [0.3, 0.4) is 0 Å². The van der Waals surface area contributed by atoms with Gasteiger partial charge in [-0.15, -0.1) is 25.3 Å². The van der Waals surface area contributed by atoms with Gasteiger partial charge in [-0.25, -0.2) is 14.8 Å². The van der Waals surface area contributed by atoms with Crippen LogP contribution in [0.15, 0.2) is 40.5 Å². The van der Waals surface area contributed by atoms with Crippen LogP contribution < -0.4 is 4.90 Å². The van der Waals surface area contributed by atoms with E-state index >= 15 is 0 Å². The summed E-state index contributed by atoms with van der Waals surface area (Å²) >= 11 is 8.24. The lowest BCUT2D eigenvalue weighted by Crippen LogP contribution is -2.15. The van der Waals surface area contributed by atoms with E-state index in [9.17, 15) is 9.90 Å². The molecule has 2 rings (SSSR count). The molecule has 0 bridgehead atoms. The Morgan fingerprint density at radius 2 is 1.95 bits per heavy atom. The Labute approximate surface area is 121 Å². The van der Waals surface area contributed by atoms with Gasteiger partial charge in [0.2, 0.25) is 0 Å². The van der Waals surface area contributed by atoms with Crippen molar-refractivity contribution in [3.05, 3.63) is 35.9 Å². The molecule has 1 aromatic heterocycles. The monoisotopic (exact) mass is 293 g/mol. The summed E-state index contributed by atoms with van der Waals surface area (Å²) < 4.78 is 0. The maximum Gasteiger partial charge on any atom is 0.337 e. The van der Waals surface area contributed by atoms with Crippen molar-refractivity contribution >= 4 is 42.7 Å². The molecule has 0 unspecified atom stereocenters. The summed E-state index contributed by atoms with van der Waals surface area (Å²) in [6, 6.07) is 8.33. The van der Waals surface area contributed by atoms with Crippen molar-refractivity contribution in [3.63, 3.8) is 0 Å². The minimum Gasteiger partial charge on any atom is -0.478 e. The van der Waals surface area contributed by atoms with E-state index in [1.807, 2.05) is 0 Å².